The lowest BCUT2D eigenvalue weighted by Gasteiger charge is -2.24. The molecule has 1 aromatic carbocycles. The van der Waals surface area contributed by atoms with E-state index in [0.29, 0.717) is 18.2 Å². The fourth-order valence-corrected chi connectivity index (χ4v) is 1.89. The lowest BCUT2D eigenvalue weighted by Crippen LogP contribution is -2.40. The van der Waals surface area contributed by atoms with E-state index in [4.69, 9.17) is 0 Å². The third-order valence-corrected chi connectivity index (χ3v) is 3.45. The molecule has 2 aromatic rings. The second kappa shape index (κ2) is 6.15. The molecule has 7 nitrogen and oxygen atoms in total. The number of nitrogens with zero attached hydrogens (tertiary/aromatic N) is 3. The third-order valence-electron chi connectivity index (χ3n) is 3.45. The summed E-state index contributed by atoms with van der Waals surface area (Å²) in [6.45, 7) is 2.65. The second-order valence-corrected chi connectivity index (χ2v) is 5.61. The molecule has 0 aliphatic rings. The van der Waals surface area contributed by atoms with Crippen LogP contribution in [-0.2, 0) is 16.5 Å². The molecule has 1 N–H and O–H groups in total. The molecule has 0 fully saturated rings. The van der Waals surface area contributed by atoms with Crippen LogP contribution in [-0.4, -0.2) is 20.6 Å². The van der Waals surface area contributed by atoms with Gasteiger partial charge in [0.05, 0.1) is 16.2 Å². The Kier molecular flexibility index (Phi) is 4.51. The maximum Gasteiger partial charge on any atom is 0.416 e. The van der Waals surface area contributed by atoms with Crippen molar-refractivity contribution in [1.82, 2.24) is 9.78 Å². The Balaban J connectivity index is 2.30. The Hall–Kier alpha value is -2.98. The van der Waals surface area contributed by atoms with Crippen LogP contribution in [0.25, 0.3) is 0 Å². The number of rotatable bonds is 4. The standard InChI is InChI=1S/C14H12F4N4O3/c1-13(2,21-7-9(6-19-21)22(24)25)12(23)20-11-5-8(14(16,17)18)3-4-10(11)15/h3-7H,1-2H3,(H,20,23). The lowest BCUT2D eigenvalue weighted by molar-refractivity contribution is -0.385. The fourth-order valence-electron chi connectivity index (χ4n) is 1.89. The van der Waals surface area contributed by atoms with Crippen molar-refractivity contribution >= 4 is 17.3 Å². The molecule has 11 heteroatoms. The van der Waals surface area contributed by atoms with Crippen molar-refractivity contribution in [2.24, 2.45) is 0 Å². The van der Waals surface area contributed by atoms with E-state index < -0.39 is 39.6 Å². The first-order chi connectivity index (χ1) is 11.4. The molecule has 0 saturated heterocycles. The van der Waals surface area contributed by atoms with Crippen molar-refractivity contribution in [3.8, 4) is 0 Å². The number of aromatic nitrogens is 2. The topological polar surface area (TPSA) is 90.1 Å². The van der Waals surface area contributed by atoms with E-state index in [1.165, 1.54) is 13.8 Å². The summed E-state index contributed by atoms with van der Waals surface area (Å²) in [4.78, 5) is 22.3. The summed E-state index contributed by atoms with van der Waals surface area (Å²) in [5, 5.41) is 16.4. The average molecular weight is 360 g/mol. The van der Waals surface area contributed by atoms with Gasteiger partial charge in [-0.15, -0.1) is 0 Å². The van der Waals surface area contributed by atoms with Crippen molar-refractivity contribution < 1.29 is 27.3 Å². The smallest absolute Gasteiger partial charge is 0.321 e. The van der Waals surface area contributed by atoms with Crippen LogP contribution >= 0.6 is 0 Å². The third kappa shape index (κ3) is 3.75. The molecule has 2 rings (SSSR count). The number of nitrogens with one attached hydrogen (secondary N) is 1. The molecule has 0 unspecified atom stereocenters. The van der Waals surface area contributed by atoms with Crippen LogP contribution in [0.3, 0.4) is 0 Å². The Morgan fingerprint density at radius 1 is 1.32 bits per heavy atom. The van der Waals surface area contributed by atoms with Gasteiger partial charge >= 0.3 is 11.9 Å². The molecular weight excluding hydrogens is 348 g/mol. The number of hydrogen-bond donors (Lipinski definition) is 1. The van der Waals surface area contributed by atoms with Gasteiger partial charge in [0.1, 0.15) is 23.7 Å². The maximum atomic E-state index is 13.7. The Labute approximate surface area is 138 Å². The van der Waals surface area contributed by atoms with E-state index in [2.05, 4.69) is 10.4 Å². The second-order valence-electron chi connectivity index (χ2n) is 5.61. The zero-order chi connectivity index (χ0) is 19.0. The van der Waals surface area contributed by atoms with E-state index in [0.717, 1.165) is 17.1 Å². The number of nitro groups is 1. The van der Waals surface area contributed by atoms with Gasteiger partial charge in [0.15, 0.2) is 0 Å². The van der Waals surface area contributed by atoms with Gasteiger partial charge in [-0.3, -0.25) is 19.6 Å². The normalized spacial score (nSPS) is 12.1. The van der Waals surface area contributed by atoms with Crippen LogP contribution in [0, 0.1) is 15.9 Å². The van der Waals surface area contributed by atoms with Crippen LogP contribution in [0.1, 0.15) is 19.4 Å². The molecule has 0 spiro atoms. The number of alkyl halides is 3. The van der Waals surface area contributed by atoms with Crippen LogP contribution in [0.5, 0.6) is 0 Å². The van der Waals surface area contributed by atoms with Crippen LogP contribution < -0.4 is 5.32 Å². The molecule has 0 aliphatic heterocycles. The Morgan fingerprint density at radius 3 is 2.48 bits per heavy atom. The molecule has 0 aliphatic carbocycles. The number of carbonyl (C=O) groups excluding carboxylic acids is 1. The Bertz CT molecular complexity index is 830. The zero-order valence-electron chi connectivity index (χ0n) is 13.0. The highest BCUT2D eigenvalue weighted by Gasteiger charge is 2.34. The molecule has 25 heavy (non-hydrogen) atoms. The van der Waals surface area contributed by atoms with Crippen molar-refractivity contribution in [2.45, 2.75) is 25.6 Å². The van der Waals surface area contributed by atoms with Gasteiger partial charge in [-0.1, -0.05) is 0 Å². The molecule has 0 radical (unpaired) electrons. The van der Waals surface area contributed by atoms with Gasteiger partial charge in [0, 0.05) is 0 Å². The van der Waals surface area contributed by atoms with Gasteiger partial charge in [0.25, 0.3) is 5.91 Å². The van der Waals surface area contributed by atoms with E-state index in [9.17, 15) is 32.5 Å². The number of carbonyl (C=O) groups is 1. The van der Waals surface area contributed by atoms with Gasteiger partial charge < -0.3 is 5.32 Å². The van der Waals surface area contributed by atoms with Gasteiger partial charge in [0.2, 0.25) is 0 Å². The average Bonchev–Trinajstić information content (AvgIpc) is 2.99. The number of amides is 1. The van der Waals surface area contributed by atoms with Gasteiger partial charge in [-0.25, -0.2) is 4.39 Å². The van der Waals surface area contributed by atoms with Crippen LogP contribution in [0.2, 0.25) is 0 Å². The predicted octanol–water partition coefficient (Wildman–Crippen LogP) is 3.32. The minimum Gasteiger partial charge on any atom is -0.321 e. The predicted molar refractivity (Wildman–Crippen MR) is 78.2 cm³/mol. The summed E-state index contributed by atoms with van der Waals surface area (Å²) in [5.74, 6) is -1.95. The highest BCUT2D eigenvalue weighted by atomic mass is 19.4. The first kappa shape index (κ1) is 18.4. The number of hydrogen-bond acceptors (Lipinski definition) is 4. The monoisotopic (exact) mass is 360 g/mol. The maximum absolute atomic E-state index is 13.7. The van der Waals surface area contributed by atoms with Crippen LogP contribution in [0.15, 0.2) is 30.6 Å². The van der Waals surface area contributed by atoms with E-state index in [1.54, 1.807) is 0 Å². The van der Waals surface area contributed by atoms with E-state index in [1.807, 2.05) is 0 Å². The molecule has 1 heterocycles. The first-order valence-electron chi connectivity index (χ1n) is 6.80. The molecular formula is C14H12F4N4O3. The zero-order valence-corrected chi connectivity index (χ0v) is 13.0. The van der Waals surface area contributed by atoms with Crippen molar-refractivity contribution in [2.75, 3.05) is 5.32 Å². The summed E-state index contributed by atoms with van der Waals surface area (Å²) >= 11 is 0. The minimum atomic E-state index is -4.70. The summed E-state index contributed by atoms with van der Waals surface area (Å²) in [6, 6.07) is 1.60. The number of anilines is 1. The quantitative estimate of drug-likeness (QED) is 0.514. The minimum absolute atomic E-state index is 0.369. The summed E-state index contributed by atoms with van der Waals surface area (Å²) in [7, 11) is 0. The molecule has 1 aromatic heterocycles. The van der Waals surface area contributed by atoms with Gasteiger partial charge in [-0.2, -0.15) is 18.3 Å². The summed E-state index contributed by atoms with van der Waals surface area (Å²) < 4.78 is 52.8. The molecule has 0 saturated carbocycles. The first-order valence-corrected chi connectivity index (χ1v) is 6.80. The lowest BCUT2D eigenvalue weighted by atomic mass is 10.0. The van der Waals surface area contributed by atoms with Gasteiger partial charge in [-0.05, 0) is 32.0 Å². The van der Waals surface area contributed by atoms with Crippen molar-refractivity contribution in [3.63, 3.8) is 0 Å². The SMILES string of the molecule is CC(C)(C(=O)Nc1cc(C(F)(F)F)ccc1F)n1cc([N+](=O)[O-])cn1. The van der Waals surface area contributed by atoms with Crippen molar-refractivity contribution in [1.29, 1.82) is 0 Å². The number of halogens is 4. The van der Waals surface area contributed by atoms with E-state index >= 15 is 0 Å². The highest BCUT2D eigenvalue weighted by Crippen LogP contribution is 2.32. The Morgan fingerprint density at radius 2 is 1.96 bits per heavy atom. The fraction of sp³-hybridized carbons (Fsp3) is 0.286. The largest absolute Gasteiger partial charge is 0.416 e. The molecule has 0 atom stereocenters. The molecule has 0 bridgehead atoms. The van der Waals surface area contributed by atoms with E-state index in [-0.39, 0.29) is 5.69 Å². The summed E-state index contributed by atoms with van der Waals surface area (Å²) in [5.41, 5.74) is -3.67. The molecule has 1 amide bonds. The number of benzene rings is 1. The van der Waals surface area contributed by atoms with Crippen LogP contribution in [0.4, 0.5) is 28.9 Å². The summed E-state index contributed by atoms with van der Waals surface area (Å²) in [6.07, 6.45) is -2.80. The van der Waals surface area contributed by atoms with Crippen molar-refractivity contribution in [3.05, 3.63) is 52.1 Å². The molecule has 134 valence electrons. The highest BCUT2D eigenvalue weighted by molar-refractivity contribution is 5.96.